The second kappa shape index (κ2) is 9.60. The molecule has 3 heterocycles. The maximum Gasteiger partial charge on any atom is 0.490 e. The number of carboxylic acid groups (broad SMARTS) is 1. The number of carboxylic acids is 1. The summed E-state index contributed by atoms with van der Waals surface area (Å²) in [7, 11) is 0. The van der Waals surface area contributed by atoms with Gasteiger partial charge in [-0.2, -0.15) is 18.3 Å². The highest BCUT2D eigenvalue weighted by atomic mass is 19.4. The van der Waals surface area contributed by atoms with Crippen molar-refractivity contribution in [1.82, 2.24) is 10.7 Å². The van der Waals surface area contributed by atoms with E-state index in [0.29, 0.717) is 28.5 Å². The van der Waals surface area contributed by atoms with Crippen LogP contribution in [0, 0.1) is 11.6 Å². The number of alkyl halides is 3. The molecule has 0 bridgehead atoms. The highest BCUT2D eigenvalue weighted by Gasteiger charge is 2.38. The molecule has 0 spiro atoms. The van der Waals surface area contributed by atoms with Crippen LogP contribution in [0.3, 0.4) is 0 Å². The van der Waals surface area contributed by atoms with Crippen LogP contribution in [0.5, 0.6) is 5.75 Å². The molecule has 36 heavy (non-hydrogen) atoms. The van der Waals surface area contributed by atoms with E-state index in [-0.39, 0.29) is 24.1 Å². The van der Waals surface area contributed by atoms with Crippen molar-refractivity contribution in [2.75, 3.05) is 29.9 Å². The van der Waals surface area contributed by atoms with E-state index >= 15 is 0 Å². The average molecular weight is 513 g/mol. The second-order valence-corrected chi connectivity index (χ2v) is 8.13. The van der Waals surface area contributed by atoms with E-state index in [1.165, 1.54) is 12.1 Å². The summed E-state index contributed by atoms with van der Waals surface area (Å²) in [5.41, 5.74) is 4.70. The van der Waals surface area contributed by atoms with Gasteiger partial charge in [-0.05, 0) is 31.2 Å². The fourth-order valence-corrected chi connectivity index (χ4v) is 3.73. The maximum atomic E-state index is 14.6. The number of hydrogen-bond acceptors (Lipinski definition) is 7. The molecule has 3 aliphatic heterocycles. The number of anilines is 2. The number of hydrazone groups is 1. The first-order valence-corrected chi connectivity index (χ1v) is 10.6. The Kier molecular flexibility index (Phi) is 6.71. The first-order chi connectivity index (χ1) is 17.0. The minimum absolute atomic E-state index is 0.183. The number of aliphatic carboxylic acids is 1. The Hall–Kier alpha value is -3.94. The molecule has 1 atom stereocenters. The van der Waals surface area contributed by atoms with Gasteiger partial charge in [-0.15, -0.1) is 0 Å². The molecule has 1 saturated heterocycles. The Morgan fingerprint density at radius 3 is 2.47 bits per heavy atom. The average Bonchev–Trinajstić information content (AvgIpc) is 2.78. The topological polar surface area (TPSA) is 115 Å². The molecule has 192 valence electrons. The molecular formula is C22H20F5N5O4. The predicted molar refractivity (Wildman–Crippen MR) is 119 cm³/mol. The van der Waals surface area contributed by atoms with Crippen LogP contribution in [-0.4, -0.2) is 60.8 Å². The maximum absolute atomic E-state index is 14.6. The molecule has 0 aromatic heterocycles. The minimum Gasteiger partial charge on any atom is -0.483 e. The van der Waals surface area contributed by atoms with Crippen molar-refractivity contribution < 1.29 is 41.4 Å². The molecule has 1 fully saturated rings. The van der Waals surface area contributed by atoms with Gasteiger partial charge in [0.1, 0.15) is 30.0 Å². The summed E-state index contributed by atoms with van der Waals surface area (Å²) < 4.78 is 65.6. The zero-order valence-electron chi connectivity index (χ0n) is 18.6. The first-order valence-electron chi connectivity index (χ1n) is 10.6. The number of nitrogens with one attached hydrogen (secondary N) is 3. The number of nitrogens with zero attached hydrogens (tertiary/aromatic N) is 2. The van der Waals surface area contributed by atoms with Crippen molar-refractivity contribution >= 4 is 29.1 Å². The molecule has 0 aliphatic carbocycles. The third-order valence-corrected chi connectivity index (χ3v) is 5.66. The van der Waals surface area contributed by atoms with Crippen LogP contribution in [0.1, 0.15) is 6.92 Å². The molecule has 1 unspecified atom stereocenters. The molecular weight excluding hydrogens is 493 g/mol. The minimum atomic E-state index is -5.08. The first kappa shape index (κ1) is 25.2. The predicted octanol–water partition coefficient (Wildman–Crippen LogP) is 2.68. The van der Waals surface area contributed by atoms with Crippen LogP contribution in [0.4, 0.5) is 33.3 Å². The number of hydrogen-bond donors (Lipinski definition) is 4. The second-order valence-electron chi connectivity index (χ2n) is 8.13. The molecule has 9 nitrogen and oxygen atoms in total. The number of benzene rings is 2. The van der Waals surface area contributed by atoms with Gasteiger partial charge in [-0.3, -0.25) is 4.79 Å². The van der Waals surface area contributed by atoms with Gasteiger partial charge in [0.25, 0.3) is 5.91 Å². The summed E-state index contributed by atoms with van der Waals surface area (Å²) in [5.74, 6) is -3.14. The van der Waals surface area contributed by atoms with Gasteiger partial charge in [0, 0.05) is 36.0 Å². The quantitative estimate of drug-likeness (QED) is 0.467. The highest BCUT2D eigenvalue weighted by molar-refractivity contribution is 6.10. The smallest absolute Gasteiger partial charge is 0.483 e. The molecule has 4 N–H and O–H groups in total. The van der Waals surface area contributed by atoms with E-state index in [1.807, 2.05) is 11.0 Å². The number of rotatable bonds is 3. The van der Waals surface area contributed by atoms with Gasteiger partial charge < -0.3 is 25.4 Å². The largest absolute Gasteiger partial charge is 0.490 e. The zero-order chi connectivity index (χ0) is 26.2. The van der Waals surface area contributed by atoms with Crippen molar-refractivity contribution in [3.05, 3.63) is 42.0 Å². The van der Waals surface area contributed by atoms with Crippen molar-refractivity contribution in [2.45, 2.75) is 25.2 Å². The summed E-state index contributed by atoms with van der Waals surface area (Å²) in [6.45, 7) is 3.54. The molecule has 1 amide bonds. The molecule has 5 rings (SSSR count). The number of ether oxygens (including phenoxy) is 1. The number of fused-ring (bicyclic) bond motifs is 3. The molecule has 14 heteroatoms. The van der Waals surface area contributed by atoms with Crippen LogP contribution in [-0.2, 0) is 9.59 Å². The van der Waals surface area contributed by atoms with E-state index in [4.69, 9.17) is 14.6 Å². The highest BCUT2D eigenvalue weighted by Crippen LogP contribution is 2.43. The summed E-state index contributed by atoms with van der Waals surface area (Å²) >= 11 is 0. The Bertz CT molecular complexity index is 1230. The fraction of sp³-hybridized carbons (Fsp3) is 0.318. The van der Waals surface area contributed by atoms with Gasteiger partial charge in [-0.1, -0.05) is 0 Å². The van der Waals surface area contributed by atoms with Crippen LogP contribution in [0.15, 0.2) is 35.4 Å². The van der Waals surface area contributed by atoms with Crippen LogP contribution in [0.25, 0.3) is 11.1 Å². The Labute approximate surface area is 200 Å². The lowest BCUT2D eigenvalue weighted by molar-refractivity contribution is -0.192. The molecule has 0 saturated carbocycles. The Morgan fingerprint density at radius 2 is 1.89 bits per heavy atom. The van der Waals surface area contributed by atoms with Gasteiger partial charge >= 0.3 is 12.1 Å². The lowest BCUT2D eigenvalue weighted by Crippen LogP contribution is -2.55. The van der Waals surface area contributed by atoms with Crippen LogP contribution >= 0.6 is 0 Å². The number of amidine groups is 1. The number of halogens is 5. The van der Waals surface area contributed by atoms with E-state index in [9.17, 15) is 26.7 Å². The Morgan fingerprint density at radius 1 is 1.19 bits per heavy atom. The lowest BCUT2D eigenvalue weighted by atomic mass is 9.99. The monoisotopic (exact) mass is 513 g/mol. The summed E-state index contributed by atoms with van der Waals surface area (Å²) in [6, 6.07) is 6.82. The van der Waals surface area contributed by atoms with Gasteiger partial charge in [0.05, 0.1) is 11.7 Å². The van der Waals surface area contributed by atoms with Gasteiger partial charge in [0.15, 0.2) is 5.84 Å². The molecule has 2 aromatic rings. The molecule has 3 aliphatic rings. The third-order valence-electron chi connectivity index (χ3n) is 5.66. The van der Waals surface area contributed by atoms with Crippen molar-refractivity contribution in [3.8, 4) is 16.9 Å². The standard InChI is InChI=1S/C20H19F2N5O2.C2HF3O2/c1-10-20(28)26-25-19-9-29-18-5-14(13-3-2-11(21)4-15(13)22)16(6-17(18)27(10)19)24-12-7-23-8-12;3-2(4,5)1(6)7/h2-6,10,12,23-24H,7-9H2,1H3,(H,26,28);(H,6,7). The van der Waals surface area contributed by atoms with Crippen LogP contribution in [0.2, 0.25) is 0 Å². The van der Waals surface area contributed by atoms with E-state index in [1.54, 1.807) is 13.0 Å². The summed E-state index contributed by atoms with van der Waals surface area (Å²) in [4.78, 5) is 22.9. The van der Waals surface area contributed by atoms with Gasteiger partial charge in [0.2, 0.25) is 0 Å². The fourth-order valence-electron chi connectivity index (χ4n) is 3.73. The Balaban J connectivity index is 0.000000384. The molecule has 0 radical (unpaired) electrons. The number of amides is 1. The summed E-state index contributed by atoms with van der Waals surface area (Å²) in [6.07, 6.45) is -5.08. The van der Waals surface area contributed by atoms with Crippen molar-refractivity contribution in [2.24, 2.45) is 5.10 Å². The van der Waals surface area contributed by atoms with E-state index < -0.39 is 29.8 Å². The number of carbonyl (C=O) groups excluding carboxylic acids is 1. The molecule has 2 aromatic carbocycles. The van der Waals surface area contributed by atoms with Gasteiger partial charge in [-0.25, -0.2) is 19.0 Å². The van der Waals surface area contributed by atoms with Crippen LogP contribution < -0.4 is 25.7 Å². The normalized spacial score (nSPS) is 18.8. The van der Waals surface area contributed by atoms with E-state index in [0.717, 1.165) is 19.2 Å². The van der Waals surface area contributed by atoms with E-state index in [2.05, 4.69) is 21.2 Å². The SMILES string of the molecule is CC1C(=O)NN=C2COc3cc(-c4ccc(F)cc4F)c(NC4CNC4)cc3N21.O=C(O)C(F)(F)F. The van der Waals surface area contributed by atoms with Crippen molar-refractivity contribution in [1.29, 1.82) is 0 Å². The lowest BCUT2D eigenvalue weighted by Gasteiger charge is -2.39. The van der Waals surface area contributed by atoms with Crippen molar-refractivity contribution in [3.63, 3.8) is 0 Å². The summed E-state index contributed by atoms with van der Waals surface area (Å²) in [5, 5.41) is 17.8. The number of carbonyl (C=O) groups is 2. The zero-order valence-corrected chi connectivity index (χ0v) is 18.6. The third kappa shape index (κ3) is 5.03.